The molecule has 2 aromatic carbocycles. The van der Waals surface area contributed by atoms with Crippen molar-refractivity contribution in [2.75, 3.05) is 19.6 Å². The molecule has 0 spiro atoms. The molecule has 3 heterocycles. The van der Waals surface area contributed by atoms with Crippen molar-refractivity contribution in [3.8, 4) is 0 Å². The van der Waals surface area contributed by atoms with Gasteiger partial charge in [-0.2, -0.15) is 0 Å². The summed E-state index contributed by atoms with van der Waals surface area (Å²) in [6.45, 7) is 4.89. The number of rotatable bonds is 5. The topological polar surface area (TPSA) is 39.6 Å². The van der Waals surface area contributed by atoms with Crippen LogP contribution in [0, 0.1) is 5.82 Å². The Morgan fingerprint density at radius 2 is 1.68 bits per heavy atom. The molecular weight excluding hydrogens is 409 g/mol. The zero-order chi connectivity index (χ0) is 21.3. The van der Waals surface area contributed by atoms with E-state index in [0.29, 0.717) is 24.9 Å². The van der Waals surface area contributed by atoms with Gasteiger partial charge < -0.3 is 5.11 Å². The summed E-state index contributed by atoms with van der Waals surface area (Å²) in [4.78, 5) is 9.48. The molecule has 1 saturated heterocycles. The van der Waals surface area contributed by atoms with Crippen LogP contribution in [0.15, 0.2) is 53.9 Å². The summed E-state index contributed by atoms with van der Waals surface area (Å²) < 4.78 is 14.0. The lowest BCUT2D eigenvalue weighted by molar-refractivity contribution is -0.0309. The van der Waals surface area contributed by atoms with Crippen LogP contribution in [0.2, 0.25) is 0 Å². The fourth-order valence-corrected chi connectivity index (χ4v) is 5.61. The van der Waals surface area contributed by atoms with Crippen LogP contribution in [-0.2, 0) is 31.7 Å². The van der Waals surface area contributed by atoms with Gasteiger partial charge in [-0.15, -0.1) is 11.3 Å². The van der Waals surface area contributed by atoms with Crippen molar-refractivity contribution in [3.05, 3.63) is 87.1 Å². The minimum atomic E-state index is -0.880. The second-order valence-electron chi connectivity index (χ2n) is 8.75. The van der Waals surface area contributed by atoms with E-state index >= 15 is 0 Å². The molecule has 0 aliphatic carbocycles. The molecule has 5 rings (SSSR count). The molecule has 1 N–H and O–H groups in total. The van der Waals surface area contributed by atoms with Gasteiger partial charge in [0.1, 0.15) is 16.4 Å². The van der Waals surface area contributed by atoms with Crippen molar-refractivity contribution < 1.29 is 9.50 Å². The van der Waals surface area contributed by atoms with Crippen LogP contribution in [-0.4, -0.2) is 39.5 Å². The number of nitrogens with zero attached hydrogens (tertiary/aromatic N) is 3. The van der Waals surface area contributed by atoms with E-state index in [4.69, 9.17) is 4.98 Å². The summed E-state index contributed by atoms with van der Waals surface area (Å²) in [7, 11) is 0. The van der Waals surface area contributed by atoms with Crippen LogP contribution in [0.1, 0.15) is 40.2 Å². The van der Waals surface area contributed by atoms with Crippen LogP contribution in [0.25, 0.3) is 0 Å². The number of benzene rings is 2. The second kappa shape index (κ2) is 8.79. The molecule has 0 amide bonds. The van der Waals surface area contributed by atoms with E-state index in [0.717, 1.165) is 49.8 Å². The number of fused-ring (bicyclic) bond motifs is 1. The quantitative estimate of drug-likeness (QED) is 0.645. The molecular formula is C25H28FN3OS. The first-order valence-corrected chi connectivity index (χ1v) is 11.9. The third kappa shape index (κ3) is 4.58. The van der Waals surface area contributed by atoms with Crippen LogP contribution in [0.4, 0.5) is 4.39 Å². The van der Waals surface area contributed by atoms with Crippen molar-refractivity contribution in [3.63, 3.8) is 0 Å². The SMILES string of the molecule is OC1(c2csc(CN3CCc4ccccc4C3)n2)CCN(Cc2ccccc2F)CC1. The number of aliphatic hydroxyl groups is 1. The standard InChI is InChI=1S/C25H28FN3OS/c26-22-8-4-3-7-21(22)16-28-13-10-25(30,11-14-28)23-18-31-24(27-23)17-29-12-9-19-5-1-2-6-20(19)15-29/h1-8,18,30H,9-17H2. The summed E-state index contributed by atoms with van der Waals surface area (Å²) in [5.74, 6) is -0.159. The van der Waals surface area contributed by atoms with E-state index < -0.39 is 5.60 Å². The van der Waals surface area contributed by atoms with Crippen LogP contribution in [0.3, 0.4) is 0 Å². The molecule has 31 heavy (non-hydrogen) atoms. The lowest BCUT2D eigenvalue weighted by Crippen LogP contribution is -2.42. The van der Waals surface area contributed by atoms with Crippen molar-refractivity contribution in [2.45, 2.75) is 44.5 Å². The molecule has 4 nitrogen and oxygen atoms in total. The maximum atomic E-state index is 14.0. The van der Waals surface area contributed by atoms with Crippen LogP contribution in [0.5, 0.6) is 0 Å². The summed E-state index contributed by atoms with van der Waals surface area (Å²) in [5.41, 5.74) is 3.50. The molecule has 0 bridgehead atoms. The van der Waals surface area contributed by atoms with Gasteiger partial charge in [0.2, 0.25) is 0 Å². The van der Waals surface area contributed by atoms with Gasteiger partial charge in [-0.25, -0.2) is 9.37 Å². The average molecular weight is 438 g/mol. The van der Waals surface area contributed by atoms with E-state index in [-0.39, 0.29) is 5.82 Å². The van der Waals surface area contributed by atoms with Crippen molar-refractivity contribution >= 4 is 11.3 Å². The third-order valence-corrected chi connectivity index (χ3v) is 7.47. The minimum absolute atomic E-state index is 0.159. The molecule has 0 radical (unpaired) electrons. The van der Waals surface area contributed by atoms with Gasteiger partial charge in [-0.3, -0.25) is 9.80 Å². The highest BCUT2D eigenvalue weighted by Crippen LogP contribution is 2.34. The number of aromatic nitrogens is 1. The predicted octanol–water partition coefficient (Wildman–Crippen LogP) is 4.32. The van der Waals surface area contributed by atoms with Gasteiger partial charge in [0, 0.05) is 43.7 Å². The Morgan fingerprint density at radius 3 is 2.48 bits per heavy atom. The van der Waals surface area contributed by atoms with Gasteiger partial charge in [-0.1, -0.05) is 42.5 Å². The fraction of sp³-hybridized carbons (Fsp3) is 0.400. The Morgan fingerprint density at radius 1 is 0.935 bits per heavy atom. The Hall–Kier alpha value is -2.12. The smallest absolute Gasteiger partial charge is 0.127 e. The molecule has 0 saturated carbocycles. The maximum Gasteiger partial charge on any atom is 0.127 e. The van der Waals surface area contributed by atoms with E-state index in [2.05, 4.69) is 34.1 Å². The molecule has 6 heteroatoms. The van der Waals surface area contributed by atoms with Crippen molar-refractivity contribution in [1.29, 1.82) is 0 Å². The lowest BCUT2D eigenvalue weighted by atomic mass is 9.88. The van der Waals surface area contributed by atoms with Crippen LogP contribution < -0.4 is 0 Å². The number of piperidine rings is 1. The van der Waals surface area contributed by atoms with E-state index in [1.807, 2.05) is 17.5 Å². The zero-order valence-electron chi connectivity index (χ0n) is 17.6. The second-order valence-corrected chi connectivity index (χ2v) is 9.70. The normalized spacial score (nSPS) is 19.3. The first-order chi connectivity index (χ1) is 15.1. The van der Waals surface area contributed by atoms with Gasteiger partial charge in [0.05, 0.1) is 12.2 Å². The van der Waals surface area contributed by atoms with Crippen LogP contribution >= 0.6 is 11.3 Å². The lowest BCUT2D eigenvalue weighted by Gasteiger charge is -2.37. The summed E-state index contributed by atoms with van der Waals surface area (Å²) in [5, 5.41) is 14.4. The summed E-state index contributed by atoms with van der Waals surface area (Å²) in [6, 6.07) is 15.6. The number of hydrogen-bond acceptors (Lipinski definition) is 5. The average Bonchev–Trinajstić information content (AvgIpc) is 3.26. The van der Waals surface area contributed by atoms with Gasteiger partial charge in [-0.05, 0) is 36.5 Å². The highest BCUT2D eigenvalue weighted by molar-refractivity contribution is 7.09. The largest absolute Gasteiger partial charge is 0.383 e. The molecule has 1 aromatic heterocycles. The number of likely N-dealkylation sites (tertiary alicyclic amines) is 1. The zero-order valence-corrected chi connectivity index (χ0v) is 18.5. The van der Waals surface area contributed by atoms with Gasteiger partial charge in [0.15, 0.2) is 0 Å². The first-order valence-electron chi connectivity index (χ1n) is 11.0. The number of halogens is 1. The Bertz CT molecular complexity index is 1040. The molecule has 2 aliphatic rings. The molecule has 1 fully saturated rings. The van der Waals surface area contributed by atoms with E-state index in [9.17, 15) is 9.50 Å². The summed E-state index contributed by atoms with van der Waals surface area (Å²) in [6.07, 6.45) is 2.33. The monoisotopic (exact) mass is 437 g/mol. The number of thiazole rings is 1. The van der Waals surface area contributed by atoms with Gasteiger partial charge in [0.25, 0.3) is 0 Å². The molecule has 0 atom stereocenters. The molecule has 2 aliphatic heterocycles. The van der Waals surface area contributed by atoms with E-state index in [1.165, 1.54) is 17.2 Å². The molecule has 0 unspecified atom stereocenters. The Kier molecular flexibility index (Phi) is 5.89. The first kappa shape index (κ1) is 20.8. The predicted molar refractivity (Wildman–Crippen MR) is 121 cm³/mol. The fourth-order valence-electron chi connectivity index (χ4n) is 4.68. The highest BCUT2D eigenvalue weighted by Gasteiger charge is 2.36. The van der Waals surface area contributed by atoms with Crippen molar-refractivity contribution in [1.82, 2.24) is 14.8 Å². The highest BCUT2D eigenvalue weighted by atomic mass is 32.1. The summed E-state index contributed by atoms with van der Waals surface area (Å²) >= 11 is 1.65. The Labute approximate surface area is 187 Å². The Balaban J connectivity index is 1.19. The third-order valence-electron chi connectivity index (χ3n) is 6.63. The van der Waals surface area contributed by atoms with Gasteiger partial charge >= 0.3 is 0 Å². The number of hydrogen-bond donors (Lipinski definition) is 1. The molecule has 3 aromatic rings. The van der Waals surface area contributed by atoms with E-state index in [1.54, 1.807) is 17.4 Å². The minimum Gasteiger partial charge on any atom is -0.383 e. The molecule has 162 valence electrons. The van der Waals surface area contributed by atoms with Crippen molar-refractivity contribution in [2.24, 2.45) is 0 Å². The maximum absolute atomic E-state index is 14.0.